The van der Waals surface area contributed by atoms with Crippen molar-refractivity contribution in [3.05, 3.63) is 71.8 Å². The fraction of sp³-hybridized carbons (Fsp3) is 0.435. The summed E-state index contributed by atoms with van der Waals surface area (Å²) in [7, 11) is 3.40. The molecule has 1 fully saturated rings. The number of carbonyl (C=O) groups is 1. The Hall–Kier alpha value is -2.37. The summed E-state index contributed by atoms with van der Waals surface area (Å²) in [6, 6.07) is 20.1. The van der Waals surface area contributed by atoms with E-state index < -0.39 is 0 Å². The molecule has 2 aromatic carbocycles. The van der Waals surface area contributed by atoms with Crippen molar-refractivity contribution in [1.29, 1.82) is 0 Å². The minimum absolute atomic E-state index is 0.0379. The third-order valence-corrected chi connectivity index (χ3v) is 5.70. The SMILES string of the molecule is CO[C@H](c1ccccc1)[C@H](C)N1CCN([C@@H](C)[C@H](OC)c2ccccc2)C1=O. The molecule has 1 aliphatic rings. The summed E-state index contributed by atoms with van der Waals surface area (Å²) in [5, 5.41) is 0. The normalized spacial score (nSPS) is 18.8. The second-order valence-corrected chi connectivity index (χ2v) is 7.28. The van der Waals surface area contributed by atoms with Crippen molar-refractivity contribution in [2.45, 2.75) is 38.1 Å². The number of nitrogens with zero attached hydrogens (tertiary/aromatic N) is 2. The molecule has 0 aromatic heterocycles. The predicted molar refractivity (Wildman–Crippen MR) is 110 cm³/mol. The molecule has 0 spiro atoms. The number of ether oxygens (including phenoxy) is 2. The van der Waals surface area contributed by atoms with Gasteiger partial charge in [-0.3, -0.25) is 0 Å². The largest absolute Gasteiger partial charge is 0.375 e. The maximum absolute atomic E-state index is 13.2. The quantitative estimate of drug-likeness (QED) is 0.684. The van der Waals surface area contributed by atoms with Crippen LogP contribution >= 0.6 is 0 Å². The Balaban J connectivity index is 1.74. The molecule has 1 heterocycles. The van der Waals surface area contributed by atoms with E-state index in [9.17, 15) is 4.79 Å². The molecule has 0 saturated carbocycles. The zero-order valence-electron chi connectivity index (χ0n) is 17.1. The van der Waals surface area contributed by atoms with Crippen LogP contribution in [0.4, 0.5) is 4.79 Å². The molecule has 4 atom stereocenters. The monoisotopic (exact) mass is 382 g/mol. The van der Waals surface area contributed by atoms with Crippen LogP contribution in [0, 0.1) is 0 Å². The third kappa shape index (κ3) is 4.05. The van der Waals surface area contributed by atoms with Gasteiger partial charge in [0.2, 0.25) is 0 Å². The molecular formula is C23H30N2O3. The number of rotatable bonds is 8. The van der Waals surface area contributed by atoms with Gasteiger partial charge >= 0.3 is 6.03 Å². The Labute approximate surface area is 167 Å². The zero-order valence-corrected chi connectivity index (χ0v) is 17.1. The van der Waals surface area contributed by atoms with Gasteiger partial charge in [0.15, 0.2) is 0 Å². The Morgan fingerprint density at radius 2 is 1.07 bits per heavy atom. The standard InChI is InChI=1S/C23H30N2O3/c1-17(21(27-3)19-11-7-5-8-12-19)24-15-16-25(23(24)26)18(2)22(28-4)20-13-9-6-10-14-20/h5-14,17-18,21-22H,15-16H2,1-4H3/t17-,18-,21-,22-/m0/s1. The molecule has 2 amide bonds. The van der Waals surface area contributed by atoms with E-state index >= 15 is 0 Å². The van der Waals surface area contributed by atoms with Crippen LogP contribution in [-0.4, -0.2) is 55.2 Å². The molecule has 150 valence electrons. The first-order valence-corrected chi connectivity index (χ1v) is 9.81. The minimum Gasteiger partial charge on any atom is -0.375 e. The maximum Gasteiger partial charge on any atom is 0.320 e. The average Bonchev–Trinajstić information content (AvgIpc) is 3.12. The van der Waals surface area contributed by atoms with Crippen molar-refractivity contribution in [3.63, 3.8) is 0 Å². The fourth-order valence-electron chi connectivity index (χ4n) is 4.16. The second kappa shape index (κ2) is 9.22. The van der Waals surface area contributed by atoms with Crippen molar-refractivity contribution in [2.24, 2.45) is 0 Å². The van der Waals surface area contributed by atoms with Crippen molar-refractivity contribution < 1.29 is 14.3 Å². The summed E-state index contributed by atoms with van der Waals surface area (Å²) in [6.07, 6.45) is -0.319. The van der Waals surface area contributed by atoms with Crippen LogP contribution in [0.5, 0.6) is 0 Å². The Bertz CT molecular complexity index is 689. The lowest BCUT2D eigenvalue weighted by molar-refractivity contribution is 0.0286. The first-order chi connectivity index (χ1) is 13.6. The molecule has 5 nitrogen and oxygen atoms in total. The summed E-state index contributed by atoms with van der Waals surface area (Å²) >= 11 is 0. The summed E-state index contributed by atoms with van der Waals surface area (Å²) in [5.41, 5.74) is 2.16. The molecule has 0 bridgehead atoms. The summed E-state index contributed by atoms with van der Waals surface area (Å²) < 4.78 is 11.5. The van der Waals surface area contributed by atoms with Gasteiger partial charge in [0.05, 0.1) is 12.1 Å². The van der Waals surface area contributed by atoms with Gasteiger partial charge in [-0.1, -0.05) is 60.7 Å². The smallest absolute Gasteiger partial charge is 0.320 e. The van der Waals surface area contributed by atoms with Gasteiger partial charge in [0, 0.05) is 27.3 Å². The first-order valence-electron chi connectivity index (χ1n) is 9.81. The highest BCUT2D eigenvalue weighted by Crippen LogP contribution is 2.31. The molecule has 1 saturated heterocycles. The van der Waals surface area contributed by atoms with E-state index in [4.69, 9.17) is 9.47 Å². The van der Waals surface area contributed by atoms with Crippen molar-refractivity contribution in [3.8, 4) is 0 Å². The van der Waals surface area contributed by atoms with Crippen LogP contribution in [0.1, 0.15) is 37.2 Å². The molecule has 0 radical (unpaired) electrons. The van der Waals surface area contributed by atoms with E-state index in [1.54, 1.807) is 14.2 Å². The van der Waals surface area contributed by atoms with Crippen LogP contribution in [0.25, 0.3) is 0 Å². The van der Waals surface area contributed by atoms with Crippen molar-refractivity contribution in [2.75, 3.05) is 27.3 Å². The first kappa shape index (κ1) is 20.4. The van der Waals surface area contributed by atoms with Gasteiger partial charge in [-0.15, -0.1) is 0 Å². The topological polar surface area (TPSA) is 42.0 Å². The van der Waals surface area contributed by atoms with Gasteiger partial charge < -0.3 is 19.3 Å². The van der Waals surface area contributed by atoms with Crippen molar-refractivity contribution in [1.82, 2.24) is 9.80 Å². The minimum atomic E-state index is -0.159. The summed E-state index contributed by atoms with van der Waals surface area (Å²) in [4.78, 5) is 17.1. The molecule has 5 heteroatoms. The fourth-order valence-corrected chi connectivity index (χ4v) is 4.16. The van der Waals surface area contributed by atoms with Gasteiger partial charge in [-0.2, -0.15) is 0 Å². The molecule has 28 heavy (non-hydrogen) atoms. The number of carbonyl (C=O) groups excluding carboxylic acids is 1. The molecular weight excluding hydrogens is 352 g/mol. The predicted octanol–water partition coefficient (Wildman–Crippen LogP) is 4.28. The number of methoxy groups -OCH3 is 2. The van der Waals surface area contributed by atoms with E-state index in [0.717, 1.165) is 11.1 Å². The van der Waals surface area contributed by atoms with Crippen LogP contribution in [0.3, 0.4) is 0 Å². The van der Waals surface area contributed by atoms with Crippen LogP contribution < -0.4 is 0 Å². The van der Waals surface area contributed by atoms with Gasteiger partial charge in [0.25, 0.3) is 0 Å². The molecule has 0 unspecified atom stereocenters. The number of urea groups is 1. The van der Waals surface area contributed by atoms with Crippen LogP contribution in [0.2, 0.25) is 0 Å². The Morgan fingerprint density at radius 1 is 0.714 bits per heavy atom. The van der Waals surface area contributed by atoms with Gasteiger partial charge in [0.1, 0.15) is 12.2 Å². The van der Waals surface area contributed by atoms with E-state index in [1.165, 1.54) is 0 Å². The van der Waals surface area contributed by atoms with Gasteiger partial charge in [-0.05, 0) is 25.0 Å². The van der Waals surface area contributed by atoms with Crippen molar-refractivity contribution >= 4 is 6.03 Å². The summed E-state index contributed by atoms with van der Waals surface area (Å²) in [5.74, 6) is 0. The molecule has 0 aliphatic carbocycles. The molecule has 3 rings (SSSR count). The van der Waals surface area contributed by atoms with E-state index in [0.29, 0.717) is 13.1 Å². The lowest BCUT2D eigenvalue weighted by atomic mass is 10.0. The lowest BCUT2D eigenvalue weighted by Gasteiger charge is -2.34. The highest BCUT2D eigenvalue weighted by atomic mass is 16.5. The lowest BCUT2D eigenvalue weighted by Crippen LogP contribution is -2.45. The average molecular weight is 383 g/mol. The van der Waals surface area contributed by atoms with E-state index in [1.807, 2.05) is 70.5 Å². The molecule has 1 aliphatic heterocycles. The number of hydrogen-bond acceptors (Lipinski definition) is 3. The Morgan fingerprint density at radius 3 is 1.39 bits per heavy atom. The zero-order chi connectivity index (χ0) is 20.1. The molecule has 0 N–H and O–H groups in total. The number of amides is 2. The summed E-state index contributed by atoms with van der Waals surface area (Å²) in [6.45, 7) is 5.47. The van der Waals surface area contributed by atoms with E-state index in [-0.39, 0.29) is 30.3 Å². The second-order valence-electron chi connectivity index (χ2n) is 7.28. The molecule has 2 aromatic rings. The van der Waals surface area contributed by atoms with Gasteiger partial charge in [-0.25, -0.2) is 4.79 Å². The highest BCUT2D eigenvalue weighted by Gasteiger charge is 2.40. The third-order valence-electron chi connectivity index (χ3n) is 5.70. The Kier molecular flexibility index (Phi) is 6.70. The number of hydrogen-bond donors (Lipinski definition) is 0. The van der Waals surface area contributed by atoms with Crippen LogP contribution in [0.15, 0.2) is 60.7 Å². The highest BCUT2D eigenvalue weighted by molar-refractivity contribution is 5.77. The van der Waals surface area contributed by atoms with Crippen LogP contribution in [-0.2, 0) is 9.47 Å². The number of benzene rings is 2. The maximum atomic E-state index is 13.2. The van der Waals surface area contributed by atoms with E-state index in [2.05, 4.69) is 13.8 Å².